The second-order valence-corrected chi connectivity index (χ2v) is 7.32. The third-order valence-corrected chi connectivity index (χ3v) is 5.30. The lowest BCUT2D eigenvalue weighted by Crippen LogP contribution is -2.23. The average Bonchev–Trinajstić information content (AvgIpc) is 3.42. The maximum absolute atomic E-state index is 14.1. The Hall–Kier alpha value is -4.33. The van der Waals surface area contributed by atoms with Crippen LogP contribution in [0.5, 0.6) is 0 Å². The summed E-state index contributed by atoms with van der Waals surface area (Å²) in [6.07, 6.45) is 4.91. The molecule has 0 bridgehead atoms. The van der Waals surface area contributed by atoms with Crippen LogP contribution in [0.1, 0.15) is 21.6 Å². The van der Waals surface area contributed by atoms with Gasteiger partial charge in [0.15, 0.2) is 0 Å². The highest BCUT2D eigenvalue weighted by Gasteiger charge is 2.16. The van der Waals surface area contributed by atoms with E-state index in [0.29, 0.717) is 23.5 Å². The Morgan fingerprint density at radius 1 is 1.00 bits per heavy atom. The maximum Gasteiger partial charge on any atom is 0.255 e. The van der Waals surface area contributed by atoms with Crippen LogP contribution in [0, 0.1) is 12.7 Å². The minimum Gasteiger partial charge on any atom is -0.348 e. The number of nitrogens with zero attached hydrogens (tertiary/aromatic N) is 5. The zero-order valence-corrected chi connectivity index (χ0v) is 17.2. The van der Waals surface area contributed by atoms with Gasteiger partial charge in [-0.25, -0.2) is 19.0 Å². The predicted octanol–water partition coefficient (Wildman–Crippen LogP) is 3.98. The van der Waals surface area contributed by atoms with E-state index in [1.807, 2.05) is 41.0 Å². The first-order chi connectivity index (χ1) is 15.6. The number of aromatic nitrogens is 5. The van der Waals surface area contributed by atoms with Crippen molar-refractivity contribution in [2.75, 3.05) is 0 Å². The molecule has 0 aliphatic rings. The highest BCUT2D eigenvalue weighted by atomic mass is 19.1. The first-order valence-corrected chi connectivity index (χ1v) is 10.1. The number of hydrogen-bond donors (Lipinski definition) is 1. The van der Waals surface area contributed by atoms with Crippen LogP contribution < -0.4 is 5.32 Å². The van der Waals surface area contributed by atoms with E-state index in [1.165, 1.54) is 16.9 Å². The predicted molar refractivity (Wildman–Crippen MR) is 118 cm³/mol. The molecule has 0 radical (unpaired) electrons. The Balaban J connectivity index is 1.29. The smallest absolute Gasteiger partial charge is 0.255 e. The van der Waals surface area contributed by atoms with Crippen LogP contribution in [0.15, 0.2) is 79.4 Å². The Morgan fingerprint density at radius 3 is 2.62 bits per heavy atom. The summed E-state index contributed by atoms with van der Waals surface area (Å²) in [7, 11) is 0. The van der Waals surface area contributed by atoms with Gasteiger partial charge in [0.25, 0.3) is 5.91 Å². The number of pyridine rings is 1. The second kappa shape index (κ2) is 8.07. The Morgan fingerprint density at radius 2 is 1.81 bits per heavy atom. The minimum absolute atomic E-state index is 0.283. The fourth-order valence-corrected chi connectivity index (χ4v) is 3.58. The van der Waals surface area contributed by atoms with Gasteiger partial charge in [0, 0.05) is 12.7 Å². The summed E-state index contributed by atoms with van der Waals surface area (Å²) in [4.78, 5) is 21.6. The highest BCUT2D eigenvalue weighted by Crippen LogP contribution is 2.18. The third-order valence-electron chi connectivity index (χ3n) is 5.30. The number of benzene rings is 2. The molecule has 5 aromatic rings. The monoisotopic (exact) mass is 426 g/mol. The molecule has 0 atom stereocenters. The fraction of sp³-hybridized carbons (Fsp3) is 0.0833. The molecule has 1 amide bonds. The molecule has 32 heavy (non-hydrogen) atoms. The van der Waals surface area contributed by atoms with Gasteiger partial charge in [-0.05, 0) is 42.8 Å². The van der Waals surface area contributed by atoms with E-state index < -0.39 is 5.82 Å². The van der Waals surface area contributed by atoms with E-state index in [4.69, 9.17) is 0 Å². The lowest BCUT2D eigenvalue weighted by molar-refractivity contribution is 0.0950. The summed E-state index contributed by atoms with van der Waals surface area (Å²) in [6, 6.07) is 18.0. The van der Waals surface area contributed by atoms with Crippen molar-refractivity contribution in [1.29, 1.82) is 0 Å². The Labute approximate surface area is 183 Å². The quantitative estimate of drug-likeness (QED) is 0.461. The fourth-order valence-electron chi connectivity index (χ4n) is 3.58. The first kappa shape index (κ1) is 19.6. The number of nitrogens with one attached hydrogen (secondary N) is 1. The van der Waals surface area contributed by atoms with Crippen LogP contribution in [-0.2, 0) is 6.54 Å². The van der Waals surface area contributed by atoms with Crippen LogP contribution in [-0.4, -0.2) is 30.2 Å². The van der Waals surface area contributed by atoms with Gasteiger partial charge in [-0.1, -0.05) is 30.3 Å². The van der Waals surface area contributed by atoms with Crippen molar-refractivity contribution >= 4 is 16.9 Å². The van der Waals surface area contributed by atoms with Crippen LogP contribution in [0.4, 0.5) is 4.39 Å². The number of rotatable bonds is 5. The molecule has 0 aliphatic heterocycles. The average molecular weight is 426 g/mol. The largest absolute Gasteiger partial charge is 0.348 e. The molecule has 3 heterocycles. The van der Waals surface area contributed by atoms with E-state index >= 15 is 0 Å². The number of hydrogen-bond acceptors (Lipinski definition) is 4. The zero-order valence-electron chi connectivity index (χ0n) is 17.2. The zero-order chi connectivity index (χ0) is 22.1. The van der Waals surface area contributed by atoms with E-state index in [1.54, 1.807) is 37.6 Å². The molecule has 5 rings (SSSR count). The topological polar surface area (TPSA) is 77.6 Å². The number of halogens is 1. The van der Waals surface area contributed by atoms with E-state index in [2.05, 4.69) is 20.4 Å². The molecule has 1 N–H and O–H groups in total. The molecule has 0 saturated heterocycles. The molecule has 0 unspecified atom stereocenters. The number of carbonyl (C=O) groups excluding carboxylic acids is 1. The van der Waals surface area contributed by atoms with Gasteiger partial charge in [-0.15, -0.1) is 0 Å². The van der Waals surface area contributed by atoms with E-state index in [0.717, 1.165) is 22.4 Å². The summed E-state index contributed by atoms with van der Waals surface area (Å²) >= 11 is 0. The van der Waals surface area contributed by atoms with Crippen LogP contribution >= 0.6 is 0 Å². The van der Waals surface area contributed by atoms with Crippen molar-refractivity contribution in [3.8, 4) is 11.5 Å². The summed E-state index contributed by atoms with van der Waals surface area (Å²) in [6.45, 7) is 2.04. The maximum atomic E-state index is 14.1. The molecule has 0 aliphatic carbocycles. The SMILES string of the molecule is Cc1c(C(=O)NCc2ccc(-n3cnc4ccccc43)nc2)cnn1-c1ccccc1F. The number of imidazole rings is 1. The summed E-state index contributed by atoms with van der Waals surface area (Å²) < 4.78 is 17.4. The van der Waals surface area contributed by atoms with Gasteiger partial charge in [-0.2, -0.15) is 5.10 Å². The molecular formula is C24H19FN6O. The van der Waals surface area contributed by atoms with Gasteiger partial charge in [0.2, 0.25) is 0 Å². The van der Waals surface area contributed by atoms with Gasteiger partial charge in [0.05, 0.1) is 28.5 Å². The Bertz CT molecular complexity index is 1420. The second-order valence-electron chi connectivity index (χ2n) is 7.32. The van der Waals surface area contributed by atoms with Crippen molar-refractivity contribution in [2.24, 2.45) is 0 Å². The number of fused-ring (bicyclic) bond motifs is 1. The van der Waals surface area contributed by atoms with Crippen molar-refractivity contribution in [2.45, 2.75) is 13.5 Å². The molecule has 2 aromatic carbocycles. The lowest BCUT2D eigenvalue weighted by Gasteiger charge is -2.08. The van der Waals surface area contributed by atoms with Crippen molar-refractivity contribution in [3.05, 3.63) is 102 Å². The van der Waals surface area contributed by atoms with Crippen LogP contribution in [0.25, 0.3) is 22.5 Å². The van der Waals surface area contributed by atoms with Gasteiger partial charge in [-0.3, -0.25) is 9.36 Å². The molecule has 8 heteroatoms. The molecule has 0 saturated carbocycles. The van der Waals surface area contributed by atoms with Crippen molar-refractivity contribution in [1.82, 2.24) is 29.6 Å². The summed E-state index contributed by atoms with van der Waals surface area (Å²) in [5.41, 5.74) is 3.98. The first-order valence-electron chi connectivity index (χ1n) is 10.1. The van der Waals surface area contributed by atoms with Gasteiger partial charge < -0.3 is 5.32 Å². The molecule has 0 spiro atoms. The van der Waals surface area contributed by atoms with E-state index in [-0.39, 0.29) is 5.91 Å². The number of amides is 1. The number of carbonyl (C=O) groups is 1. The normalized spacial score (nSPS) is 11.1. The van der Waals surface area contributed by atoms with Crippen molar-refractivity contribution < 1.29 is 9.18 Å². The van der Waals surface area contributed by atoms with Gasteiger partial charge >= 0.3 is 0 Å². The lowest BCUT2D eigenvalue weighted by atomic mass is 10.2. The minimum atomic E-state index is -0.400. The van der Waals surface area contributed by atoms with Crippen LogP contribution in [0.2, 0.25) is 0 Å². The third kappa shape index (κ3) is 3.51. The summed E-state index contributed by atoms with van der Waals surface area (Å²) in [5.74, 6) is 0.0630. The standard InChI is InChI=1S/C24H19FN6O/c1-16-18(14-29-31(16)21-8-4-2-6-19(21)25)24(32)27-13-17-10-11-23(26-12-17)30-15-28-20-7-3-5-9-22(20)30/h2-12,14-15H,13H2,1H3,(H,27,32). The Kier molecular flexibility index (Phi) is 4.95. The molecule has 7 nitrogen and oxygen atoms in total. The van der Waals surface area contributed by atoms with Crippen LogP contribution in [0.3, 0.4) is 0 Å². The molecular weight excluding hydrogens is 407 g/mol. The highest BCUT2D eigenvalue weighted by molar-refractivity contribution is 5.95. The molecule has 0 fully saturated rings. The number of para-hydroxylation sites is 3. The molecule has 3 aromatic heterocycles. The van der Waals surface area contributed by atoms with Gasteiger partial charge in [0.1, 0.15) is 23.6 Å². The van der Waals surface area contributed by atoms with Crippen molar-refractivity contribution in [3.63, 3.8) is 0 Å². The van der Waals surface area contributed by atoms with E-state index in [9.17, 15) is 9.18 Å². The summed E-state index contributed by atoms with van der Waals surface area (Å²) in [5, 5.41) is 7.06. The molecule has 158 valence electrons.